The molecule has 1 aromatic carbocycles. The van der Waals surface area contributed by atoms with Crippen LogP contribution in [0.15, 0.2) is 23.1 Å². The topological polar surface area (TPSA) is 99.3 Å². The number of sulfonamides is 1. The molecule has 1 N–H and O–H groups in total. The van der Waals surface area contributed by atoms with Crippen molar-refractivity contribution >= 4 is 27.5 Å². The molecule has 2 amide bonds. The summed E-state index contributed by atoms with van der Waals surface area (Å²) in [5.41, 5.74) is 1.28. The van der Waals surface area contributed by atoms with Crippen LogP contribution in [0.4, 0.5) is 5.69 Å². The van der Waals surface area contributed by atoms with E-state index in [0.29, 0.717) is 50.5 Å². The molecule has 2 aliphatic heterocycles. The highest BCUT2D eigenvalue weighted by molar-refractivity contribution is 7.89. The standard InChI is InChI=1S/C21H32N4O5S/c1-4-23(5-2)9-8-22-21(27)20-15-17-14-18(6-7-19(17)25(20)16(3)26)31(28,29)24-10-12-30-13-11-24/h6-7,14,20H,4-5,8-13,15H2,1-3H3,(H,22,27). The lowest BCUT2D eigenvalue weighted by Crippen LogP contribution is -2.48. The number of rotatable bonds is 8. The van der Waals surface area contributed by atoms with Gasteiger partial charge in [0.2, 0.25) is 21.8 Å². The lowest BCUT2D eigenvalue weighted by Gasteiger charge is -2.26. The van der Waals surface area contributed by atoms with Crippen molar-refractivity contribution < 1.29 is 22.7 Å². The number of ether oxygens (including phenoxy) is 1. The molecule has 0 bridgehead atoms. The first-order chi connectivity index (χ1) is 14.8. The van der Waals surface area contributed by atoms with Crippen LogP contribution in [0, 0.1) is 0 Å². The van der Waals surface area contributed by atoms with Gasteiger partial charge in [0, 0.05) is 45.2 Å². The summed E-state index contributed by atoms with van der Waals surface area (Å²) in [5.74, 6) is -0.470. The molecule has 1 unspecified atom stereocenters. The molecule has 31 heavy (non-hydrogen) atoms. The van der Waals surface area contributed by atoms with Crippen LogP contribution in [0.25, 0.3) is 0 Å². The van der Waals surface area contributed by atoms with Crippen LogP contribution in [-0.2, 0) is 30.8 Å². The molecule has 0 aliphatic carbocycles. The number of hydrogen-bond donors (Lipinski definition) is 1. The van der Waals surface area contributed by atoms with Crippen LogP contribution >= 0.6 is 0 Å². The summed E-state index contributed by atoms with van der Waals surface area (Å²) in [5, 5.41) is 2.93. The van der Waals surface area contributed by atoms with Crippen LogP contribution in [-0.4, -0.2) is 88.0 Å². The van der Waals surface area contributed by atoms with Crippen LogP contribution in [0.5, 0.6) is 0 Å². The van der Waals surface area contributed by atoms with Gasteiger partial charge in [0.25, 0.3) is 0 Å². The highest BCUT2D eigenvalue weighted by Crippen LogP contribution is 2.35. The molecule has 0 spiro atoms. The molecule has 1 aromatic rings. The van der Waals surface area contributed by atoms with Gasteiger partial charge >= 0.3 is 0 Å². The van der Waals surface area contributed by atoms with E-state index in [1.54, 1.807) is 12.1 Å². The zero-order valence-electron chi connectivity index (χ0n) is 18.5. The fourth-order valence-corrected chi connectivity index (χ4v) is 5.58. The molecule has 9 nitrogen and oxygen atoms in total. The molecular weight excluding hydrogens is 420 g/mol. The van der Waals surface area contributed by atoms with E-state index in [1.165, 1.54) is 22.2 Å². The molecule has 3 rings (SSSR count). The Kier molecular flexibility index (Phi) is 7.68. The van der Waals surface area contributed by atoms with Gasteiger partial charge in [0.1, 0.15) is 6.04 Å². The number of benzene rings is 1. The molecule has 1 fully saturated rings. The van der Waals surface area contributed by atoms with Crippen molar-refractivity contribution in [2.24, 2.45) is 0 Å². The van der Waals surface area contributed by atoms with Crippen molar-refractivity contribution in [2.45, 2.75) is 38.1 Å². The smallest absolute Gasteiger partial charge is 0.243 e. The molecule has 1 saturated heterocycles. The van der Waals surface area contributed by atoms with E-state index in [-0.39, 0.29) is 16.7 Å². The third-order valence-corrected chi connectivity index (χ3v) is 7.80. The van der Waals surface area contributed by atoms with E-state index in [4.69, 9.17) is 4.74 Å². The number of carbonyl (C=O) groups is 2. The first-order valence-corrected chi connectivity index (χ1v) is 12.2. The summed E-state index contributed by atoms with van der Waals surface area (Å²) in [4.78, 5) is 29.0. The summed E-state index contributed by atoms with van der Waals surface area (Å²) in [6.07, 6.45) is 0.290. The van der Waals surface area contributed by atoms with E-state index in [2.05, 4.69) is 24.1 Å². The van der Waals surface area contributed by atoms with Crippen molar-refractivity contribution in [1.82, 2.24) is 14.5 Å². The average Bonchev–Trinajstić information content (AvgIpc) is 3.16. The highest BCUT2D eigenvalue weighted by Gasteiger charge is 2.38. The zero-order valence-corrected chi connectivity index (χ0v) is 19.3. The van der Waals surface area contributed by atoms with E-state index in [0.717, 1.165) is 19.6 Å². The van der Waals surface area contributed by atoms with Crippen LogP contribution in [0.1, 0.15) is 26.3 Å². The minimum Gasteiger partial charge on any atom is -0.379 e. The highest BCUT2D eigenvalue weighted by atomic mass is 32.2. The Morgan fingerprint density at radius 1 is 1.19 bits per heavy atom. The van der Waals surface area contributed by atoms with Crippen molar-refractivity contribution in [3.05, 3.63) is 23.8 Å². The second-order valence-corrected chi connectivity index (χ2v) is 9.67. The predicted molar refractivity (Wildman–Crippen MR) is 117 cm³/mol. The van der Waals surface area contributed by atoms with Gasteiger partial charge in [-0.2, -0.15) is 4.31 Å². The largest absolute Gasteiger partial charge is 0.379 e. The number of nitrogens with one attached hydrogen (secondary N) is 1. The molecule has 172 valence electrons. The number of carbonyl (C=O) groups excluding carboxylic acids is 2. The zero-order chi connectivity index (χ0) is 22.6. The van der Waals surface area contributed by atoms with Gasteiger partial charge in [-0.3, -0.25) is 14.5 Å². The number of fused-ring (bicyclic) bond motifs is 1. The second kappa shape index (κ2) is 10.1. The van der Waals surface area contributed by atoms with Gasteiger partial charge in [-0.1, -0.05) is 13.8 Å². The first-order valence-electron chi connectivity index (χ1n) is 10.8. The van der Waals surface area contributed by atoms with Gasteiger partial charge in [-0.15, -0.1) is 0 Å². The normalized spacial score (nSPS) is 19.5. The van der Waals surface area contributed by atoms with E-state index in [1.807, 2.05) is 0 Å². The summed E-state index contributed by atoms with van der Waals surface area (Å²) in [7, 11) is -3.64. The van der Waals surface area contributed by atoms with Gasteiger partial charge in [-0.25, -0.2) is 8.42 Å². The average molecular weight is 453 g/mol. The quantitative estimate of drug-likeness (QED) is 0.615. The number of amides is 2. The number of likely N-dealkylation sites (N-methyl/N-ethyl adjacent to an activating group) is 1. The minimum absolute atomic E-state index is 0.180. The predicted octanol–water partition coefficient (Wildman–Crippen LogP) is 0.443. The summed E-state index contributed by atoms with van der Waals surface area (Å²) < 4.78 is 32.6. The summed E-state index contributed by atoms with van der Waals surface area (Å²) >= 11 is 0. The SMILES string of the molecule is CCN(CC)CCNC(=O)C1Cc2cc(S(=O)(=O)N3CCOCC3)ccc2N1C(C)=O. The Labute approximate surface area is 184 Å². The minimum atomic E-state index is -3.64. The molecule has 0 aromatic heterocycles. The molecular formula is C21H32N4O5S. The Balaban J connectivity index is 1.77. The lowest BCUT2D eigenvalue weighted by molar-refractivity contribution is -0.125. The number of nitrogens with zero attached hydrogens (tertiary/aromatic N) is 3. The number of anilines is 1. The fraction of sp³-hybridized carbons (Fsp3) is 0.619. The van der Waals surface area contributed by atoms with Gasteiger partial charge in [0.15, 0.2) is 0 Å². The van der Waals surface area contributed by atoms with E-state index >= 15 is 0 Å². The molecule has 10 heteroatoms. The van der Waals surface area contributed by atoms with Gasteiger partial charge < -0.3 is 15.0 Å². The molecule has 0 radical (unpaired) electrons. The Bertz CT molecular complexity index is 910. The summed E-state index contributed by atoms with van der Waals surface area (Å²) in [6.45, 7) is 9.98. The number of morpholine rings is 1. The summed E-state index contributed by atoms with van der Waals surface area (Å²) in [6, 6.07) is 4.07. The molecule has 2 heterocycles. The fourth-order valence-electron chi connectivity index (χ4n) is 4.12. The van der Waals surface area contributed by atoms with Crippen LogP contribution in [0.2, 0.25) is 0 Å². The number of hydrogen-bond acceptors (Lipinski definition) is 6. The lowest BCUT2D eigenvalue weighted by atomic mass is 10.1. The third kappa shape index (κ3) is 5.08. The third-order valence-electron chi connectivity index (χ3n) is 5.91. The van der Waals surface area contributed by atoms with Crippen molar-refractivity contribution in [1.29, 1.82) is 0 Å². The van der Waals surface area contributed by atoms with Crippen LogP contribution < -0.4 is 10.2 Å². The van der Waals surface area contributed by atoms with E-state index < -0.39 is 16.1 Å². The second-order valence-electron chi connectivity index (χ2n) is 7.73. The van der Waals surface area contributed by atoms with Gasteiger partial charge in [0.05, 0.1) is 18.1 Å². The monoisotopic (exact) mass is 452 g/mol. The van der Waals surface area contributed by atoms with Crippen molar-refractivity contribution in [2.75, 3.05) is 57.4 Å². The maximum absolute atomic E-state index is 13.0. The Hall–Kier alpha value is -2.01. The van der Waals surface area contributed by atoms with Crippen molar-refractivity contribution in [3.8, 4) is 0 Å². The maximum Gasteiger partial charge on any atom is 0.243 e. The maximum atomic E-state index is 13.0. The van der Waals surface area contributed by atoms with E-state index in [9.17, 15) is 18.0 Å². The first kappa shape index (κ1) is 23.6. The van der Waals surface area contributed by atoms with Crippen LogP contribution in [0.3, 0.4) is 0 Å². The Morgan fingerprint density at radius 3 is 2.48 bits per heavy atom. The van der Waals surface area contributed by atoms with Gasteiger partial charge in [-0.05, 0) is 36.9 Å². The molecule has 2 aliphatic rings. The Morgan fingerprint density at radius 2 is 1.87 bits per heavy atom. The van der Waals surface area contributed by atoms with Crippen molar-refractivity contribution in [3.63, 3.8) is 0 Å². The molecule has 0 saturated carbocycles. The molecule has 1 atom stereocenters.